The zero-order chi connectivity index (χ0) is 14.1. The van der Waals surface area contributed by atoms with Crippen LogP contribution in [0.5, 0.6) is 0 Å². The van der Waals surface area contributed by atoms with Crippen molar-refractivity contribution >= 4 is 5.91 Å². The molecule has 0 aliphatic heterocycles. The SMILES string of the molecule is CN(C(=O)CC1(CN)CCC1)C1CCC(C)(C)CC1. The van der Waals surface area contributed by atoms with Crippen LogP contribution in [0, 0.1) is 10.8 Å². The van der Waals surface area contributed by atoms with Gasteiger partial charge in [0.05, 0.1) is 0 Å². The molecule has 2 rings (SSSR count). The molecule has 0 atom stereocenters. The lowest BCUT2D eigenvalue weighted by atomic mass is 9.66. The van der Waals surface area contributed by atoms with Gasteiger partial charge in [0.25, 0.3) is 0 Å². The third kappa shape index (κ3) is 3.31. The first-order valence-electron chi connectivity index (χ1n) is 7.83. The van der Waals surface area contributed by atoms with E-state index in [1.165, 1.54) is 19.3 Å². The average molecular weight is 266 g/mol. The normalized spacial score (nSPS) is 25.7. The Hall–Kier alpha value is -0.570. The van der Waals surface area contributed by atoms with Crippen molar-refractivity contribution in [3.63, 3.8) is 0 Å². The summed E-state index contributed by atoms with van der Waals surface area (Å²) in [5, 5.41) is 0. The van der Waals surface area contributed by atoms with Gasteiger partial charge in [-0.2, -0.15) is 0 Å². The highest BCUT2D eigenvalue weighted by atomic mass is 16.2. The van der Waals surface area contributed by atoms with Crippen molar-refractivity contribution in [2.24, 2.45) is 16.6 Å². The summed E-state index contributed by atoms with van der Waals surface area (Å²) in [6.45, 7) is 5.34. The lowest BCUT2D eigenvalue weighted by Gasteiger charge is -2.43. The van der Waals surface area contributed by atoms with E-state index in [0.717, 1.165) is 25.7 Å². The van der Waals surface area contributed by atoms with Gasteiger partial charge in [-0.15, -0.1) is 0 Å². The van der Waals surface area contributed by atoms with Crippen molar-refractivity contribution < 1.29 is 4.79 Å². The first kappa shape index (κ1) is 14.8. The number of carbonyl (C=O) groups excluding carboxylic acids is 1. The zero-order valence-electron chi connectivity index (χ0n) is 12.9. The zero-order valence-corrected chi connectivity index (χ0v) is 12.9. The van der Waals surface area contributed by atoms with E-state index >= 15 is 0 Å². The van der Waals surface area contributed by atoms with Crippen LogP contribution < -0.4 is 5.73 Å². The van der Waals surface area contributed by atoms with Crippen LogP contribution in [0.2, 0.25) is 0 Å². The molecule has 0 spiro atoms. The molecule has 0 unspecified atom stereocenters. The fourth-order valence-corrected chi connectivity index (χ4v) is 3.55. The Kier molecular flexibility index (Phi) is 4.24. The molecule has 0 bridgehead atoms. The maximum absolute atomic E-state index is 12.4. The Morgan fingerprint density at radius 2 is 1.79 bits per heavy atom. The molecule has 2 saturated carbocycles. The molecule has 3 nitrogen and oxygen atoms in total. The van der Waals surface area contributed by atoms with Gasteiger partial charge in [0, 0.05) is 19.5 Å². The highest BCUT2D eigenvalue weighted by Crippen LogP contribution is 2.44. The average Bonchev–Trinajstić information content (AvgIpc) is 2.32. The van der Waals surface area contributed by atoms with Gasteiger partial charge in [-0.05, 0) is 55.9 Å². The third-order valence-electron chi connectivity index (χ3n) is 5.62. The van der Waals surface area contributed by atoms with Crippen molar-refractivity contribution in [3.8, 4) is 0 Å². The van der Waals surface area contributed by atoms with Crippen LogP contribution >= 0.6 is 0 Å². The summed E-state index contributed by atoms with van der Waals surface area (Å²) in [7, 11) is 1.99. The number of rotatable bonds is 4. The molecule has 2 N–H and O–H groups in total. The molecule has 0 aromatic heterocycles. The summed E-state index contributed by atoms with van der Waals surface area (Å²) < 4.78 is 0. The van der Waals surface area contributed by atoms with Crippen LogP contribution in [0.4, 0.5) is 0 Å². The lowest BCUT2D eigenvalue weighted by molar-refractivity contribution is -0.136. The second-order valence-electron chi connectivity index (χ2n) is 7.63. The summed E-state index contributed by atoms with van der Waals surface area (Å²) in [5.74, 6) is 0.315. The van der Waals surface area contributed by atoms with E-state index in [4.69, 9.17) is 5.73 Å². The van der Waals surface area contributed by atoms with E-state index < -0.39 is 0 Å². The number of carbonyl (C=O) groups is 1. The highest BCUT2D eigenvalue weighted by Gasteiger charge is 2.39. The van der Waals surface area contributed by atoms with Gasteiger partial charge in [-0.3, -0.25) is 4.79 Å². The highest BCUT2D eigenvalue weighted by molar-refractivity contribution is 5.77. The quantitative estimate of drug-likeness (QED) is 0.850. The van der Waals surface area contributed by atoms with E-state index in [-0.39, 0.29) is 5.41 Å². The van der Waals surface area contributed by atoms with Crippen LogP contribution in [-0.2, 0) is 4.79 Å². The second-order valence-corrected chi connectivity index (χ2v) is 7.63. The van der Waals surface area contributed by atoms with E-state index in [9.17, 15) is 4.79 Å². The fourth-order valence-electron chi connectivity index (χ4n) is 3.55. The molecular weight excluding hydrogens is 236 g/mol. The van der Waals surface area contributed by atoms with Crippen molar-refractivity contribution in [2.75, 3.05) is 13.6 Å². The topological polar surface area (TPSA) is 46.3 Å². The van der Waals surface area contributed by atoms with Crippen LogP contribution in [0.15, 0.2) is 0 Å². The molecule has 0 aromatic rings. The Morgan fingerprint density at radius 3 is 2.21 bits per heavy atom. The summed E-state index contributed by atoms with van der Waals surface area (Å²) in [6.07, 6.45) is 8.97. The van der Waals surface area contributed by atoms with Crippen LogP contribution in [0.3, 0.4) is 0 Å². The van der Waals surface area contributed by atoms with Crippen molar-refractivity contribution in [1.82, 2.24) is 4.90 Å². The smallest absolute Gasteiger partial charge is 0.223 e. The Bertz CT molecular complexity index is 318. The molecule has 0 saturated heterocycles. The second kappa shape index (κ2) is 5.43. The van der Waals surface area contributed by atoms with E-state index in [1.54, 1.807) is 0 Å². The molecule has 2 aliphatic rings. The van der Waals surface area contributed by atoms with Gasteiger partial charge < -0.3 is 10.6 Å². The van der Waals surface area contributed by atoms with Gasteiger partial charge in [0.15, 0.2) is 0 Å². The number of hydrogen-bond acceptors (Lipinski definition) is 2. The summed E-state index contributed by atoms with van der Waals surface area (Å²) >= 11 is 0. The van der Waals surface area contributed by atoms with Gasteiger partial charge >= 0.3 is 0 Å². The lowest BCUT2D eigenvalue weighted by Crippen LogP contribution is -2.46. The van der Waals surface area contributed by atoms with Crippen LogP contribution in [0.25, 0.3) is 0 Å². The summed E-state index contributed by atoms with van der Waals surface area (Å²) in [6, 6.07) is 0.454. The number of amides is 1. The predicted octanol–water partition coefficient (Wildman–Crippen LogP) is 2.93. The minimum Gasteiger partial charge on any atom is -0.343 e. The van der Waals surface area contributed by atoms with E-state index in [1.807, 2.05) is 11.9 Å². The molecule has 110 valence electrons. The van der Waals surface area contributed by atoms with Gasteiger partial charge in [0.2, 0.25) is 5.91 Å². The van der Waals surface area contributed by atoms with Crippen LogP contribution in [-0.4, -0.2) is 30.4 Å². The Morgan fingerprint density at radius 1 is 1.21 bits per heavy atom. The summed E-state index contributed by atoms with van der Waals surface area (Å²) in [5.41, 5.74) is 6.46. The standard InChI is InChI=1S/C16H30N2O/c1-15(2)9-5-13(6-10-15)18(3)14(19)11-16(12-17)7-4-8-16/h13H,4-12,17H2,1-3H3. The van der Waals surface area contributed by atoms with Crippen molar-refractivity contribution in [3.05, 3.63) is 0 Å². The monoisotopic (exact) mass is 266 g/mol. The first-order chi connectivity index (χ1) is 8.87. The molecule has 3 heteroatoms. The molecule has 19 heavy (non-hydrogen) atoms. The van der Waals surface area contributed by atoms with Gasteiger partial charge in [0.1, 0.15) is 0 Å². The number of nitrogens with zero attached hydrogens (tertiary/aromatic N) is 1. The maximum Gasteiger partial charge on any atom is 0.223 e. The maximum atomic E-state index is 12.4. The predicted molar refractivity (Wildman–Crippen MR) is 78.8 cm³/mol. The summed E-state index contributed by atoms with van der Waals surface area (Å²) in [4.78, 5) is 14.5. The minimum atomic E-state index is 0.138. The van der Waals surface area contributed by atoms with E-state index in [2.05, 4.69) is 13.8 Å². The van der Waals surface area contributed by atoms with Crippen molar-refractivity contribution in [2.45, 2.75) is 71.3 Å². The van der Waals surface area contributed by atoms with Crippen LogP contribution in [0.1, 0.15) is 65.2 Å². The minimum absolute atomic E-state index is 0.138. The van der Waals surface area contributed by atoms with Crippen molar-refractivity contribution in [1.29, 1.82) is 0 Å². The largest absolute Gasteiger partial charge is 0.343 e. The molecule has 1 amide bonds. The molecule has 2 aliphatic carbocycles. The molecule has 0 radical (unpaired) electrons. The third-order valence-corrected chi connectivity index (χ3v) is 5.62. The number of hydrogen-bond donors (Lipinski definition) is 1. The molecular formula is C16H30N2O. The molecule has 0 heterocycles. The van der Waals surface area contributed by atoms with Gasteiger partial charge in [-0.25, -0.2) is 0 Å². The Labute approximate surface area is 117 Å². The molecule has 0 aromatic carbocycles. The Balaban J connectivity index is 1.86. The van der Waals surface area contributed by atoms with Gasteiger partial charge in [-0.1, -0.05) is 20.3 Å². The fraction of sp³-hybridized carbons (Fsp3) is 0.938. The number of nitrogens with two attached hydrogens (primary N) is 1. The molecule has 2 fully saturated rings. The first-order valence-corrected chi connectivity index (χ1v) is 7.83. The van der Waals surface area contributed by atoms with E-state index in [0.29, 0.717) is 30.3 Å².